The van der Waals surface area contributed by atoms with Crippen molar-refractivity contribution in [1.29, 1.82) is 0 Å². The highest BCUT2D eigenvalue weighted by atomic mass is 19.4. The van der Waals surface area contributed by atoms with Gasteiger partial charge in [0.15, 0.2) is 0 Å². The van der Waals surface area contributed by atoms with Crippen LogP contribution in [0.4, 0.5) is 19.0 Å². The van der Waals surface area contributed by atoms with Gasteiger partial charge in [0, 0.05) is 36.6 Å². The number of carbonyl (C=O) groups is 1. The second kappa shape index (κ2) is 9.12. The molecule has 0 aliphatic carbocycles. The third-order valence-electron chi connectivity index (χ3n) is 6.13. The Hall–Kier alpha value is -4.61. The second-order valence-corrected chi connectivity index (χ2v) is 8.51. The van der Waals surface area contributed by atoms with Crippen molar-refractivity contribution in [3.05, 3.63) is 83.8 Å². The molecule has 188 valence electrons. The van der Waals surface area contributed by atoms with Crippen LogP contribution in [0.3, 0.4) is 0 Å². The van der Waals surface area contributed by atoms with Gasteiger partial charge in [-0.25, -0.2) is 15.0 Å². The smallest absolute Gasteiger partial charge is 0.383 e. The number of aromatic nitrogens is 6. The maximum Gasteiger partial charge on any atom is 0.417 e. The van der Waals surface area contributed by atoms with E-state index in [0.29, 0.717) is 33.5 Å². The summed E-state index contributed by atoms with van der Waals surface area (Å²) in [5, 5.41) is 5.61. The lowest BCUT2D eigenvalue weighted by atomic mass is 10.1. The molecule has 5 aromatic rings. The summed E-state index contributed by atoms with van der Waals surface area (Å²) in [6.45, 7) is 1.69. The topological polar surface area (TPSA) is 116 Å². The van der Waals surface area contributed by atoms with Crippen molar-refractivity contribution in [2.75, 3.05) is 5.73 Å². The van der Waals surface area contributed by atoms with Crippen molar-refractivity contribution in [3.63, 3.8) is 0 Å². The zero-order chi connectivity index (χ0) is 26.3. The van der Waals surface area contributed by atoms with Crippen LogP contribution in [0.15, 0.2) is 61.2 Å². The number of amides is 1. The van der Waals surface area contributed by atoms with Crippen molar-refractivity contribution in [2.24, 2.45) is 7.05 Å². The Morgan fingerprint density at radius 2 is 1.84 bits per heavy atom. The molecular weight excluding hydrogens is 485 g/mol. The fourth-order valence-corrected chi connectivity index (χ4v) is 4.17. The molecule has 1 amide bonds. The number of aryl methyl sites for hydroxylation is 1. The van der Waals surface area contributed by atoms with Gasteiger partial charge in [-0.1, -0.05) is 0 Å². The van der Waals surface area contributed by atoms with E-state index in [1.807, 2.05) is 0 Å². The van der Waals surface area contributed by atoms with E-state index in [1.54, 1.807) is 61.5 Å². The number of nitrogens with two attached hydrogens (primary N) is 1. The molecule has 0 spiro atoms. The average Bonchev–Trinajstić information content (AvgIpc) is 3.29. The number of benzene rings is 1. The fraction of sp³-hybridized carbons (Fsp3) is 0.200. The van der Waals surface area contributed by atoms with Crippen molar-refractivity contribution in [1.82, 2.24) is 34.6 Å². The standard InChI is InChI=1S/C25H21F3N8O/c1-14(23-30-8-3-9-31-23)36(13-17-6-5-16(11-32-17)25(26,27)28)24(37)15-4-7-20-18(10-15)21-19(22(29)34-20)12-33-35(21)2/h3-12,14H,13H2,1-2H3,(H2,29,34)/t14-/m1/s1. The molecule has 0 fully saturated rings. The van der Waals surface area contributed by atoms with Gasteiger partial charge in [0.2, 0.25) is 0 Å². The van der Waals surface area contributed by atoms with Gasteiger partial charge in [-0.15, -0.1) is 0 Å². The number of anilines is 1. The summed E-state index contributed by atoms with van der Waals surface area (Å²) in [6, 6.07) is 8.29. The molecular formula is C25H21F3N8O. The Morgan fingerprint density at radius 3 is 2.51 bits per heavy atom. The summed E-state index contributed by atoms with van der Waals surface area (Å²) in [5.74, 6) is 0.335. The van der Waals surface area contributed by atoms with E-state index in [9.17, 15) is 18.0 Å². The maximum absolute atomic E-state index is 13.9. The number of nitrogen functional groups attached to an aromatic ring is 1. The minimum absolute atomic E-state index is 0.0600. The Bertz CT molecular complexity index is 1600. The van der Waals surface area contributed by atoms with Crippen molar-refractivity contribution in [3.8, 4) is 0 Å². The van der Waals surface area contributed by atoms with Gasteiger partial charge in [0.05, 0.1) is 46.5 Å². The monoisotopic (exact) mass is 506 g/mol. The molecule has 5 rings (SSSR count). The predicted molar refractivity (Wildman–Crippen MR) is 130 cm³/mol. The molecule has 0 aliphatic heterocycles. The van der Waals surface area contributed by atoms with Crippen LogP contribution in [-0.4, -0.2) is 40.5 Å². The highest BCUT2D eigenvalue weighted by Crippen LogP contribution is 2.31. The van der Waals surface area contributed by atoms with Crippen LogP contribution >= 0.6 is 0 Å². The van der Waals surface area contributed by atoms with Crippen molar-refractivity contribution >= 4 is 33.5 Å². The zero-order valence-corrected chi connectivity index (χ0v) is 19.8. The minimum Gasteiger partial charge on any atom is -0.383 e. The maximum atomic E-state index is 13.9. The van der Waals surface area contributed by atoms with Gasteiger partial charge in [0.1, 0.15) is 11.6 Å². The molecule has 2 N–H and O–H groups in total. The fourth-order valence-electron chi connectivity index (χ4n) is 4.17. The van der Waals surface area contributed by atoms with Crippen LogP contribution in [0.5, 0.6) is 0 Å². The SMILES string of the molecule is C[C@H](c1ncccn1)N(Cc1ccc(C(F)(F)F)cn1)C(=O)c1ccc2nc(N)c3cnn(C)c3c2c1. The van der Waals surface area contributed by atoms with E-state index in [4.69, 9.17) is 5.73 Å². The lowest BCUT2D eigenvalue weighted by Gasteiger charge is -2.28. The lowest BCUT2D eigenvalue weighted by Crippen LogP contribution is -2.34. The third-order valence-corrected chi connectivity index (χ3v) is 6.13. The predicted octanol–water partition coefficient (Wildman–Crippen LogP) is 4.31. The molecule has 1 aromatic carbocycles. The van der Waals surface area contributed by atoms with E-state index in [1.165, 1.54) is 11.0 Å². The lowest BCUT2D eigenvalue weighted by molar-refractivity contribution is -0.137. The number of halogens is 3. The summed E-state index contributed by atoms with van der Waals surface area (Å²) in [7, 11) is 1.77. The normalized spacial score (nSPS) is 12.7. The summed E-state index contributed by atoms with van der Waals surface area (Å²) >= 11 is 0. The van der Waals surface area contributed by atoms with E-state index in [2.05, 4.69) is 25.0 Å². The molecule has 0 aliphatic rings. The van der Waals surface area contributed by atoms with Crippen LogP contribution in [0.1, 0.15) is 40.4 Å². The third kappa shape index (κ3) is 4.53. The highest BCUT2D eigenvalue weighted by Gasteiger charge is 2.31. The molecule has 0 unspecified atom stereocenters. The van der Waals surface area contributed by atoms with E-state index < -0.39 is 17.8 Å². The number of hydrogen-bond donors (Lipinski definition) is 1. The van der Waals surface area contributed by atoms with E-state index >= 15 is 0 Å². The van der Waals surface area contributed by atoms with Crippen LogP contribution in [0.25, 0.3) is 21.8 Å². The molecule has 0 radical (unpaired) electrons. The number of hydrogen-bond acceptors (Lipinski definition) is 7. The van der Waals surface area contributed by atoms with Gasteiger partial charge in [0.25, 0.3) is 5.91 Å². The second-order valence-electron chi connectivity index (χ2n) is 8.51. The Labute approximate surface area is 208 Å². The van der Waals surface area contributed by atoms with Crippen molar-refractivity contribution in [2.45, 2.75) is 25.7 Å². The summed E-state index contributed by atoms with van der Waals surface area (Å²) in [4.78, 5) is 32.2. The van der Waals surface area contributed by atoms with E-state index in [-0.39, 0.29) is 18.1 Å². The number of carbonyl (C=O) groups excluding carboxylic acids is 1. The van der Waals surface area contributed by atoms with Gasteiger partial charge < -0.3 is 10.6 Å². The number of nitrogens with zero attached hydrogens (tertiary/aromatic N) is 7. The molecule has 4 aromatic heterocycles. The van der Waals surface area contributed by atoms with Crippen molar-refractivity contribution < 1.29 is 18.0 Å². The Morgan fingerprint density at radius 1 is 1.08 bits per heavy atom. The summed E-state index contributed by atoms with van der Waals surface area (Å²) in [5.41, 5.74) is 7.17. The molecule has 9 nitrogen and oxygen atoms in total. The molecule has 0 saturated heterocycles. The first-order valence-corrected chi connectivity index (χ1v) is 11.2. The molecule has 0 saturated carbocycles. The number of fused-ring (bicyclic) bond motifs is 3. The molecule has 12 heteroatoms. The largest absolute Gasteiger partial charge is 0.417 e. The molecule has 0 bridgehead atoms. The number of pyridine rings is 2. The molecule has 4 heterocycles. The molecule has 1 atom stereocenters. The summed E-state index contributed by atoms with van der Waals surface area (Å²) < 4.78 is 40.7. The van der Waals surface area contributed by atoms with Gasteiger partial charge in [-0.2, -0.15) is 18.3 Å². The van der Waals surface area contributed by atoms with Gasteiger partial charge >= 0.3 is 6.18 Å². The Balaban J connectivity index is 1.57. The first-order chi connectivity index (χ1) is 17.6. The minimum atomic E-state index is -4.51. The quantitative estimate of drug-likeness (QED) is 0.378. The zero-order valence-electron chi connectivity index (χ0n) is 19.8. The number of rotatable bonds is 5. The van der Waals surface area contributed by atoms with Crippen LogP contribution < -0.4 is 5.73 Å². The highest BCUT2D eigenvalue weighted by molar-refractivity contribution is 6.10. The van der Waals surface area contributed by atoms with E-state index in [0.717, 1.165) is 17.8 Å². The summed E-state index contributed by atoms with van der Waals surface area (Å²) in [6.07, 6.45) is 0.980. The van der Waals surface area contributed by atoms with Gasteiger partial charge in [-0.05, 0) is 43.3 Å². The first-order valence-electron chi connectivity index (χ1n) is 11.2. The first kappa shape index (κ1) is 24.1. The molecule has 37 heavy (non-hydrogen) atoms. The van der Waals surface area contributed by atoms with Crippen LogP contribution in [0, 0.1) is 0 Å². The van der Waals surface area contributed by atoms with Crippen LogP contribution in [0.2, 0.25) is 0 Å². The van der Waals surface area contributed by atoms with Gasteiger partial charge in [-0.3, -0.25) is 14.5 Å². The average molecular weight is 506 g/mol. The van der Waals surface area contributed by atoms with Crippen LogP contribution in [-0.2, 0) is 19.8 Å². The Kier molecular flexibility index (Phi) is 5.94. The number of alkyl halides is 3.